The normalized spacial score (nSPS) is 16.2. The standard InChI is InChI=1S/C31H56N4O6/c1-10-35(28(39)25(30(4,5)6)34-29(40)41-31(7,8)9)23(18-13-11-12-15-20(2)3)27(38)33-22(24(36)26(32)37)19-21-16-14-17-21/h20-23,25H,10-19H2,1-9H3,(H2,32,37)(H,33,38)(H,34,40)/t22?,23?,25-/m1/s1. The second-order valence-electron chi connectivity index (χ2n) is 13.9. The van der Waals surface area contributed by atoms with E-state index in [9.17, 15) is 24.0 Å². The van der Waals surface area contributed by atoms with Gasteiger partial charge in [-0.3, -0.25) is 19.2 Å². The first kappa shape index (κ1) is 36.4. The lowest BCUT2D eigenvalue weighted by Crippen LogP contribution is -2.61. The maximum atomic E-state index is 14.0. The molecule has 2 unspecified atom stereocenters. The van der Waals surface area contributed by atoms with Gasteiger partial charge in [-0.05, 0) is 57.8 Å². The van der Waals surface area contributed by atoms with E-state index in [1.54, 1.807) is 27.7 Å². The molecule has 236 valence electrons. The first-order valence-corrected chi connectivity index (χ1v) is 15.3. The van der Waals surface area contributed by atoms with E-state index in [4.69, 9.17) is 10.5 Å². The number of ketones is 1. The van der Waals surface area contributed by atoms with Gasteiger partial charge in [0.2, 0.25) is 17.6 Å². The summed E-state index contributed by atoms with van der Waals surface area (Å²) in [4.78, 5) is 66.5. The van der Waals surface area contributed by atoms with Crippen molar-refractivity contribution in [2.75, 3.05) is 6.54 Å². The minimum Gasteiger partial charge on any atom is -0.444 e. The quantitative estimate of drug-likeness (QED) is 0.181. The fourth-order valence-electron chi connectivity index (χ4n) is 5.00. The Morgan fingerprint density at radius 1 is 0.927 bits per heavy atom. The number of likely N-dealkylation sites (N-methyl/N-ethyl adjacent to an activating group) is 1. The highest BCUT2D eigenvalue weighted by Crippen LogP contribution is 2.31. The summed E-state index contributed by atoms with van der Waals surface area (Å²) in [5, 5.41) is 5.51. The van der Waals surface area contributed by atoms with E-state index >= 15 is 0 Å². The van der Waals surface area contributed by atoms with Crippen molar-refractivity contribution < 1.29 is 28.7 Å². The van der Waals surface area contributed by atoms with Crippen molar-refractivity contribution in [3.05, 3.63) is 0 Å². The van der Waals surface area contributed by atoms with E-state index < -0.39 is 58.7 Å². The minimum atomic E-state index is -1.09. The van der Waals surface area contributed by atoms with Gasteiger partial charge < -0.3 is 26.0 Å². The number of nitrogens with two attached hydrogens (primary N) is 1. The van der Waals surface area contributed by atoms with E-state index in [0.29, 0.717) is 25.2 Å². The average Bonchev–Trinajstić information content (AvgIpc) is 2.80. The lowest BCUT2D eigenvalue weighted by atomic mass is 9.80. The fourth-order valence-corrected chi connectivity index (χ4v) is 5.00. The zero-order chi connectivity index (χ0) is 31.5. The molecule has 0 bridgehead atoms. The van der Waals surface area contributed by atoms with Crippen LogP contribution in [-0.2, 0) is 23.9 Å². The molecule has 1 saturated carbocycles. The number of rotatable bonds is 16. The molecular weight excluding hydrogens is 524 g/mol. The van der Waals surface area contributed by atoms with Gasteiger partial charge in [0.1, 0.15) is 17.7 Å². The third-order valence-electron chi connectivity index (χ3n) is 7.51. The van der Waals surface area contributed by atoms with Crippen LogP contribution < -0.4 is 16.4 Å². The molecule has 0 heterocycles. The molecule has 0 aromatic rings. The van der Waals surface area contributed by atoms with Crippen molar-refractivity contribution >= 4 is 29.6 Å². The summed E-state index contributed by atoms with van der Waals surface area (Å²) in [6.45, 7) is 17.1. The van der Waals surface area contributed by atoms with E-state index in [2.05, 4.69) is 24.5 Å². The fraction of sp³-hybridized carbons (Fsp3) is 0.839. The number of unbranched alkanes of at least 4 members (excludes halogenated alkanes) is 2. The predicted molar refractivity (Wildman–Crippen MR) is 160 cm³/mol. The van der Waals surface area contributed by atoms with Crippen LogP contribution in [0.3, 0.4) is 0 Å². The maximum Gasteiger partial charge on any atom is 0.408 e. The summed E-state index contributed by atoms with van der Waals surface area (Å²) < 4.78 is 5.42. The van der Waals surface area contributed by atoms with Crippen LogP contribution >= 0.6 is 0 Å². The number of ether oxygens (including phenoxy) is 1. The molecule has 0 radical (unpaired) electrons. The number of hydrogen-bond donors (Lipinski definition) is 3. The Morgan fingerprint density at radius 2 is 1.51 bits per heavy atom. The molecule has 3 atom stereocenters. The van der Waals surface area contributed by atoms with Gasteiger partial charge in [0.15, 0.2) is 0 Å². The number of nitrogens with one attached hydrogen (secondary N) is 2. The highest BCUT2D eigenvalue weighted by molar-refractivity contribution is 6.37. The molecule has 4 N–H and O–H groups in total. The van der Waals surface area contributed by atoms with Gasteiger partial charge >= 0.3 is 6.09 Å². The van der Waals surface area contributed by atoms with E-state index in [1.165, 1.54) is 4.90 Å². The van der Waals surface area contributed by atoms with Crippen molar-refractivity contribution in [1.29, 1.82) is 0 Å². The van der Waals surface area contributed by atoms with Crippen LogP contribution in [0.1, 0.15) is 120 Å². The predicted octanol–water partition coefficient (Wildman–Crippen LogP) is 4.48. The molecule has 0 aliphatic heterocycles. The number of Topliss-reactive ketones (excluding diaryl/α,β-unsaturated/α-hetero) is 1. The van der Waals surface area contributed by atoms with E-state index in [1.807, 2.05) is 20.8 Å². The Bertz CT molecular complexity index is 901. The van der Waals surface area contributed by atoms with Gasteiger partial charge in [-0.1, -0.05) is 79.6 Å². The number of primary amides is 1. The van der Waals surface area contributed by atoms with Gasteiger partial charge in [0.05, 0.1) is 6.04 Å². The molecule has 0 aromatic carbocycles. The van der Waals surface area contributed by atoms with Crippen LogP contribution in [0.25, 0.3) is 0 Å². The third kappa shape index (κ3) is 12.8. The highest BCUT2D eigenvalue weighted by Gasteiger charge is 2.41. The molecule has 1 rings (SSSR count). The summed E-state index contributed by atoms with van der Waals surface area (Å²) in [6.07, 6.45) is 6.57. The average molecular weight is 581 g/mol. The molecule has 0 aromatic heterocycles. The SMILES string of the molecule is CCN(C(=O)[C@@H](NC(=O)OC(C)(C)C)C(C)(C)C)C(CCCCCC(C)C)C(=O)NC(CC1CCC1)C(=O)C(N)=O. The lowest BCUT2D eigenvalue weighted by molar-refractivity contribution is -0.145. The molecule has 0 saturated heterocycles. The van der Waals surface area contributed by atoms with Crippen molar-refractivity contribution in [2.45, 2.75) is 144 Å². The second kappa shape index (κ2) is 16.1. The molecule has 0 spiro atoms. The Kier molecular flexibility index (Phi) is 14.3. The first-order valence-electron chi connectivity index (χ1n) is 15.3. The third-order valence-corrected chi connectivity index (χ3v) is 7.51. The Labute approximate surface area is 247 Å². The zero-order valence-corrected chi connectivity index (χ0v) is 26.9. The van der Waals surface area contributed by atoms with Crippen LogP contribution in [-0.4, -0.2) is 64.8 Å². The van der Waals surface area contributed by atoms with Crippen molar-refractivity contribution in [1.82, 2.24) is 15.5 Å². The summed E-state index contributed by atoms with van der Waals surface area (Å²) in [5.74, 6) is -2.00. The Balaban J connectivity index is 3.28. The number of amides is 4. The number of alkyl carbamates (subject to hydrolysis) is 1. The van der Waals surface area contributed by atoms with Crippen LogP contribution in [0, 0.1) is 17.3 Å². The zero-order valence-electron chi connectivity index (χ0n) is 26.9. The smallest absolute Gasteiger partial charge is 0.408 e. The number of hydrogen-bond acceptors (Lipinski definition) is 6. The van der Waals surface area contributed by atoms with Crippen molar-refractivity contribution in [2.24, 2.45) is 23.0 Å². The summed E-state index contributed by atoms with van der Waals surface area (Å²) >= 11 is 0. The first-order chi connectivity index (χ1) is 18.9. The van der Waals surface area contributed by atoms with Crippen LogP contribution in [0.5, 0.6) is 0 Å². The molecule has 4 amide bonds. The van der Waals surface area contributed by atoms with Gasteiger partial charge in [0.25, 0.3) is 5.91 Å². The number of nitrogens with zero attached hydrogens (tertiary/aromatic N) is 1. The van der Waals surface area contributed by atoms with Gasteiger partial charge in [0, 0.05) is 6.54 Å². The van der Waals surface area contributed by atoms with Crippen molar-refractivity contribution in [3.8, 4) is 0 Å². The molecule has 41 heavy (non-hydrogen) atoms. The highest BCUT2D eigenvalue weighted by atomic mass is 16.6. The Morgan fingerprint density at radius 3 is 1.95 bits per heavy atom. The van der Waals surface area contributed by atoms with Gasteiger partial charge in [-0.2, -0.15) is 0 Å². The summed E-state index contributed by atoms with van der Waals surface area (Å²) in [6, 6.07) is -2.88. The van der Waals surface area contributed by atoms with E-state index in [0.717, 1.165) is 38.5 Å². The topological polar surface area (TPSA) is 148 Å². The molecule has 10 nitrogen and oxygen atoms in total. The summed E-state index contributed by atoms with van der Waals surface area (Å²) in [7, 11) is 0. The summed E-state index contributed by atoms with van der Waals surface area (Å²) in [5.41, 5.74) is 3.88. The second-order valence-corrected chi connectivity index (χ2v) is 13.9. The maximum absolute atomic E-state index is 14.0. The molecule has 1 fully saturated rings. The molecule has 1 aliphatic carbocycles. The minimum absolute atomic E-state index is 0.211. The molecular formula is C31H56N4O6. The Hall–Kier alpha value is -2.65. The van der Waals surface area contributed by atoms with E-state index in [-0.39, 0.29) is 12.5 Å². The molecule has 1 aliphatic rings. The largest absolute Gasteiger partial charge is 0.444 e. The monoisotopic (exact) mass is 580 g/mol. The number of carbonyl (C=O) groups is 5. The van der Waals surface area contributed by atoms with Gasteiger partial charge in [-0.15, -0.1) is 0 Å². The lowest BCUT2D eigenvalue weighted by Gasteiger charge is -2.38. The number of carbonyl (C=O) groups excluding carboxylic acids is 5. The van der Waals surface area contributed by atoms with Crippen molar-refractivity contribution in [3.63, 3.8) is 0 Å². The molecule has 10 heteroatoms. The van der Waals surface area contributed by atoms with Crippen LogP contribution in [0.2, 0.25) is 0 Å². The van der Waals surface area contributed by atoms with Gasteiger partial charge in [-0.25, -0.2) is 4.79 Å². The van der Waals surface area contributed by atoms with Crippen LogP contribution in [0.4, 0.5) is 4.79 Å². The van der Waals surface area contributed by atoms with Crippen LogP contribution in [0.15, 0.2) is 0 Å².